The quantitative estimate of drug-likeness (QED) is 0.386. The van der Waals surface area contributed by atoms with Gasteiger partial charge in [-0.25, -0.2) is 0 Å². The molecule has 7 heteroatoms. The number of methoxy groups -OCH3 is 1. The lowest BCUT2D eigenvalue weighted by Gasteiger charge is -2.05. The van der Waals surface area contributed by atoms with E-state index < -0.39 is 0 Å². The van der Waals surface area contributed by atoms with Gasteiger partial charge < -0.3 is 18.9 Å². The molecule has 0 bridgehead atoms. The number of aromatic nitrogens is 3. The van der Waals surface area contributed by atoms with Gasteiger partial charge in [-0.1, -0.05) is 30.0 Å². The van der Waals surface area contributed by atoms with Gasteiger partial charge in [0.15, 0.2) is 0 Å². The van der Waals surface area contributed by atoms with Gasteiger partial charge >= 0.3 is 0 Å². The predicted octanol–water partition coefficient (Wildman–Crippen LogP) is 4.40. The SMILES string of the molecule is COc1ccc(OCCSc2nnc(-c3c[nH]c4ccccc34)o2)cc1. The molecule has 0 atom stereocenters. The van der Waals surface area contributed by atoms with E-state index in [9.17, 15) is 0 Å². The van der Waals surface area contributed by atoms with E-state index in [0.29, 0.717) is 23.5 Å². The van der Waals surface area contributed by atoms with Gasteiger partial charge in [-0.05, 0) is 30.3 Å². The lowest BCUT2D eigenvalue weighted by molar-refractivity contribution is 0.342. The Morgan fingerprint density at radius 3 is 2.69 bits per heavy atom. The van der Waals surface area contributed by atoms with Crippen LogP contribution in [0.5, 0.6) is 11.5 Å². The summed E-state index contributed by atoms with van der Waals surface area (Å²) in [6.45, 7) is 0.543. The van der Waals surface area contributed by atoms with Crippen LogP contribution in [0, 0.1) is 0 Å². The maximum absolute atomic E-state index is 5.77. The summed E-state index contributed by atoms with van der Waals surface area (Å²) >= 11 is 1.47. The van der Waals surface area contributed by atoms with E-state index in [1.807, 2.05) is 54.7 Å². The monoisotopic (exact) mass is 367 g/mol. The third kappa shape index (κ3) is 3.52. The van der Waals surface area contributed by atoms with Gasteiger partial charge in [-0.2, -0.15) is 0 Å². The van der Waals surface area contributed by atoms with E-state index in [1.165, 1.54) is 11.8 Å². The minimum Gasteiger partial charge on any atom is -0.497 e. The summed E-state index contributed by atoms with van der Waals surface area (Å²) in [6.07, 6.45) is 1.89. The Kier molecular flexibility index (Phi) is 4.79. The van der Waals surface area contributed by atoms with Gasteiger partial charge in [0.1, 0.15) is 11.5 Å². The first-order valence-electron chi connectivity index (χ1n) is 8.13. The Morgan fingerprint density at radius 2 is 1.85 bits per heavy atom. The van der Waals surface area contributed by atoms with Crippen LogP contribution in [0.4, 0.5) is 0 Å². The zero-order valence-electron chi connectivity index (χ0n) is 14.1. The summed E-state index contributed by atoms with van der Waals surface area (Å²) in [7, 11) is 1.64. The topological polar surface area (TPSA) is 73.2 Å². The second-order valence-corrected chi connectivity index (χ2v) is 6.54. The first-order chi connectivity index (χ1) is 12.8. The molecule has 0 spiro atoms. The fourth-order valence-corrected chi connectivity index (χ4v) is 3.16. The Morgan fingerprint density at radius 1 is 1.04 bits per heavy atom. The van der Waals surface area contributed by atoms with Gasteiger partial charge in [-0.15, -0.1) is 10.2 Å². The van der Waals surface area contributed by atoms with Crippen LogP contribution >= 0.6 is 11.8 Å². The number of rotatable bonds is 7. The molecule has 0 aliphatic rings. The van der Waals surface area contributed by atoms with Crippen LogP contribution in [-0.4, -0.2) is 34.7 Å². The molecule has 0 aliphatic carbocycles. The summed E-state index contributed by atoms with van der Waals surface area (Å²) in [5.74, 6) is 2.83. The van der Waals surface area contributed by atoms with Crippen molar-refractivity contribution in [3.8, 4) is 23.0 Å². The molecular weight excluding hydrogens is 350 g/mol. The van der Waals surface area contributed by atoms with Crippen LogP contribution in [0.25, 0.3) is 22.4 Å². The molecule has 0 unspecified atom stereocenters. The van der Waals surface area contributed by atoms with E-state index in [0.717, 1.165) is 28.0 Å². The summed E-state index contributed by atoms with van der Waals surface area (Å²) in [5.41, 5.74) is 1.96. The second-order valence-electron chi connectivity index (χ2n) is 5.49. The van der Waals surface area contributed by atoms with Crippen molar-refractivity contribution in [2.24, 2.45) is 0 Å². The van der Waals surface area contributed by atoms with Crippen LogP contribution in [0.3, 0.4) is 0 Å². The van der Waals surface area contributed by atoms with Crippen molar-refractivity contribution in [3.05, 3.63) is 54.7 Å². The molecule has 0 amide bonds. The molecule has 0 saturated carbocycles. The number of benzene rings is 2. The molecule has 6 nitrogen and oxygen atoms in total. The molecule has 26 heavy (non-hydrogen) atoms. The van der Waals surface area contributed by atoms with E-state index in [1.54, 1.807) is 7.11 Å². The highest BCUT2D eigenvalue weighted by Crippen LogP contribution is 2.29. The van der Waals surface area contributed by atoms with Gasteiger partial charge in [0.25, 0.3) is 11.1 Å². The number of fused-ring (bicyclic) bond motifs is 1. The smallest absolute Gasteiger partial charge is 0.276 e. The zero-order chi connectivity index (χ0) is 17.8. The molecule has 0 aliphatic heterocycles. The normalized spacial score (nSPS) is 11.0. The highest BCUT2D eigenvalue weighted by atomic mass is 32.2. The predicted molar refractivity (Wildman–Crippen MR) is 101 cm³/mol. The van der Waals surface area contributed by atoms with Crippen molar-refractivity contribution >= 4 is 22.7 Å². The Labute approximate surface area is 154 Å². The summed E-state index contributed by atoms with van der Waals surface area (Å²) in [4.78, 5) is 3.21. The van der Waals surface area contributed by atoms with Crippen LogP contribution in [0.2, 0.25) is 0 Å². The molecule has 0 radical (unpaired) electrons. The highest BCUT2D eigenvalue weighted by Gasteiger charge is 2.13. The molecule has 0 fully saturated rings. The number of aromatic amines is 1. The Hall–Kier alpha value is -2.93. The van der Waals surface area contributed by atoms with E-state index in [-0.39, 0.29) is 0 Å². The summed E-state index contributed by atoms with van der Waals surface area (Å²) < 4.78 is 16.6. The fraction of sp³-hybridized carbons (Fsp3) is 0.158. The van der Waals surface area contributed by atoms with Gasteiger partial charge in [0.2, 0.25) is 0 Å². The van der Waals surface area contributed by atoms with Crippen molar-refractivity contribution in [2.75, 3.05) is 19.5 Å². The maximum Gasteiger partial charge on any atom is 0.276 e. The van der Waals surface area contributed by atoms with Crippen molar-refractivity contribution < 1.29 is 13.9 Å². The van der Waals surface area contributed by atoms with Gasteiger partial charge in [0.05, 0.1) is 19.3 Å². The molecule has 4 aromatic rings. The highest BCUT2D eigenvalue weighted by molar-refractivity contribution is 7.99. The van der Waals surface area contributed by atoms with Gasteiger partial charge in [0, 0.05) is 22.9 Å². The van der Waals surface area contributed by atoms with E-state index >= 15 is 0 Å². The standard InChI is InChI=1S/C19H17N3O3S/c1-23-13-6-8-14(9-7-13)24-10-11-26-19-22-21-18(25-19)16-12-20-17-5-3-2-4-15(16)17/h2-9,12,20H,10-11H2,1H3. The van der Waals surface area contributed by atoms with Gasteiger partial charge in [-0.3, -0.25) is 0 Å². The molecule has 4 rings (SSSR count). The molecule has 2 aromatic heterocycles. The number of hydrogen-bond acceptors (Lipinski definition) is 6. The number of H-pyrrole nitrogens is 1. The fourth-order valence-electron chi connectivity index (χ4n) is 2.59. The molecule has 132 valence electrons. The maximum atomic E-state index is 5.77. The number of hydrogen-bond donors (Lipinski definition) is 1. The average Bonchev–Trinajstić information content (AvgIpc) is 3.32. The third-order valence-electron chi connectivity index (χ3n) is 3.86. The molecular formula is C19H17N3O3S. The zero-order valence-corrected chi connectivity index (χ0v) is 15.0. The number of nitrogens with zero attached hydrogens (tertiary/aromatic N) is 2. The minimum atomic E-state index is 0.515. The third-order valence-corrected chi connectivity index (χ3v) is 4.65. The number of nitrogens with one attached hydrogen (secondary N) is 1. The van der Waals surface area contributed by atoms with Crippen molar-refractivity contribution in [1.82, 2.24) is 15.2 Å². The molecule has 0 saturated heterocycles. The average molecular weight is 367 g/mol. The Balaban J connectivity index is 1.33. The number of thioether (sulfide) groups is 1. The minimum absolute atomic E-state index is 0.515. The number of para-hydroxylation sites is 1. The number of ether oxygens (including phenoxy) is 2. The molecule has 2 heterocycles. The second kappa shape index (κ2) is 7.53. The Bertz CT molecular complexity index is 995. The molecule has 1 N–H and O–H groups in total. The summed E-state index contributed by atoms with van der Waals surface area (Å²) in [6, 6.07) is 15.5. The van der Waals surface area contributed by atoms with Crippen molar-refractivity contribution in [3.63, 3.8) is 0 Å². The lowest BCUT2D eigenvalue weighted by atomic mass is 10.2. The summed E-state index contributed by atoms with van der Waals surface area (Å²) in [5, 5.41) is 9.86. The first-order valence-corrected chi connectivity index (χ1v) is 9.12. The van der Waals surface area contributed by atoms with E-state index in [4.69, 9.17) is 13.9 Å². The van der Waals surface area contributed by atoms with Crippen LogP contribution in [-0.2, 0) is 0 Å². The molecule has 2 aromatic carbocycles. The largest absolute Gasteiger partial charge is 0.497 e. The van der Waals surface area contributed by atoms with Crippen molar-refractivity contribution in [2.45, 2.75) is 5.22 Å². The van der Waals surface area contributed by atoms with Crippen LogP contribution < -0.4 is 9.47 Å². The van der Waals surface area contributed by atoms with Crippen LogP contribution in [0.1, 0.15) is 0 Å². The van der Waals surface area contributed by atoms with E-state index in [2.05, 4.69) is 15.2 Å². The first kappa shape index (κ1) is 16.5. The van der Waals surface area contributed by atoms with Crippen LogP contribution in [0.15, 0.2) is 64.4 Å². The van der Waals surface area contributed by atoms with Crippen molar-refractivity contribution in [1.29, 1.82) is 0 Å². The lowest BCUT2D eigenvalue weighted by Crippen LogP contribution is -1.99.